The number of methoxy groups -OCH3 is 1. The van der Waals surface area contributed by atoms with Crippen LogP contribution in [-0.2, 0) is 26.2 Å². The van der Waals surface area contributed by atoms with Crippen LogP contribution >= 0.6 is 34.8 Å². The molecule has 1 N–H and O–H groups in total. The van der Waals surface area contributed by atoms with Crippen molar-refractivity contribution in [2.24, 2.45) is 0 Å². The Balaban J connectivity index is 2.07. The summed E-state index contributed by atoms with van der Waals surface area (Å²) in [5, 5.41) is 3.99. The fraction of sp³-hybridized carbons (Fsp3) is 0.333. The van der Waals surface area contributed by atoms with Gasteiger partial charge in [0.15, 0.2) is 0 Å². The topological polar surface area (TPSA) is 96.0 Å². The predicted molar refractivity (Wildman–Crippen MR) is 168 cm³/mol. The van der Waals surface area contributed by atoms with Gasteiger partial charge in [0.05, 0.1) is 27.7 Å². The van der Waals surface area contributed by atoms with E-state index < -0.39 is 28.5 Å². The molecule has 226 valence electrons. The van der Waals surface area contributed by atoms with Crippen molar-refractivity contribution in [1.29, 1.82) is 0 Å². The number of rotatable bonds is 13. The first-order valence-electron chi connectivity index (χ1n) is 13.4. The summed E-state index contributed by atoms with van der Waals surface area (Å²) in [6.07, 6.45) is 0.995. The smallest absolute Gasteiger partial charge is 0.264 e. The molecule has 0 aromatic heterocycles. The summed E-state index contributed by atoms with van der Waals surface area (Å²) in [5.74, 6) is -0.440. The Labute approximate surface area is 262 Å². The van der Waals surface area contributed by atoms with Gasteiger partial charge in [-0.2, -0.15) is 0 Å². The molecule has 0 spiro atoms. The van der Waals surface area contributed by atoms with Crippen LogP contribution in [-0.4, -0.2) is 50.9 Å². The van der Waals surface area contributed by atoms with E-state index in [0.717, 1.165) is 4.31 Å². The van der Waals surface area contributed by atoms with Crippen molar-refractivity contribution in [3.8, 4) is 5.75 Å². The third kappa shape index (κ3) is 8.31. The average molecular weight is 655 g/mol. The molecule has 0 radical (unpaired) electrons. The van der Waals surface area contributed by atoms with Crippen molar-refractivity contribution < 1.29 is 22.7 Å². The molecule has 0 aliphatic carbocycles. The van der Waals surface area contributed by atoms with Gasteiger partial charge in [-0.1, -0.05) is 54.7 Å². The normalized spacial score (nSPS) is 12.7. The summed E-state index contributed by atoms with van der Waals surface area (Å²) in [6, 6.07) is 15.9. The lowest BCUT2D eigenvalue weighted by Crippen LogP contribution is -2.53. The minimum Gasteiger partial charge on any atom is -0.497 e. The van der Waals surface area contributed by atoms with E-state index in [1.807, 2.05) is 13.8 Å². The van der Waals surface area contributed by atoms with Crippen LogP contribution in [0.15, 0.2) is 71.6 Å². The van der Waals surface area contributed by atoms with Crippen LogP contribution in [0.4, 0.5) is 5.69 Å². The molecule has 3 rings (SSSR count). The van der Waals surface area contributed by atoms with Crippen molar-refractivity contribution >= 4 is 62.3 Å². The maximum atomic E-state index is 14.1. The molecular weight excluding hydrogens is 621 g/mol. The van der Waals surface area contributed by atoms with E-state index in [0.29, 0.717) is 39.2 Å². The third-order valence-electron chi connectivity index (χ3n) is 6.76. The van der Waals surface area contributed by atoms with Crippen LogP contribution in [0.1, 0.15) is 39.2 Å². The molecule has 12 heteroatoms. The van der Waals surface area contributed by atoms with Crippen LogP contribution in [0.2, 0.25) is 15.1 Å². The lowest BCUT2D eigenvalue weighted by atomic mass is 10.1. The van der Waals surface area contributed by atoms with Gasteiger partial charge in [-0.05, 0) is 86.0 Å². The molecule has 2 amide bonds. The maximum absolute atomic E-state index is 14.1. The van der Waals surface area contributed by atoms with Gasteiger partial charge < -0.3 is 15.0 Å². The first-order valence-corrected chi connectivity index (χ1v) is 15.9. The Morgan fingerprint density at radius 1 is 0.905 bits per heavy atom. The summed E-state index contributed by atoms with van der Waals surface area (Å²) in [6.45, 7) is 5.03. The Morgan fingerprint density at radius 3 is 2.10 bits per heavy atom. The summed E-state index contributed by atoms with van der Waals surface area (Å²) < 4.78 is 34.1. The van der Waals surface area contributed by atoms with E-state index in [4.69, 9.17) is 39.5 Å². The van der Waals surface area contributed by atoms with Gasteiger partial charge in [-0.25, -0.2) is 8.42 Å². The second-order valence-electron chi connectivity index (χ2n) is 9.68. The van der Waals surface area contributed by atoms with Crippen LogP contribution in [0.5, 0.6) is 5.75 Å². The predicted octanol–water partition coefficient (Wildman–Crippen LogP) is 6.57. The number of benzene rings is 3. The van der Waals surface area contributed by atoms with E-state index in [-0.39, 0.29) is 29.1 Å². The molecule has 0 unspecified atom stereocenters. The molecule has 42 heavy (non-hydrogen) atoms. The Morgan fingerprint density at radius 2 is 1.55 bits per heavy atom. The SMILES string of the molecule is CC[C@@H](C)NC(=O)[C@H](CC)N(Cc1ccc(Cl)c(Cl)c1)C(=O)CN(c1ccc(Cl)cc1)S(=O)(=O)c1ccc(OC)cc1. The van der Waals surface area contributed by atoms with Crippen molar-refractivity contribution in [1.82, 2.24) is 10.2 Å². The molecule has 2 atom stereocenters. The summed E-state index contributed by atoms with van der Waals surface area (Å²) in [4.78, 5) is 28.8. The molecule has 0 aliphatic heterocycles. The number of halogens is 3. The average Bonchev–Trinajstić information content (AvgIpc) is 2.97. The van der Waals surface area contributed by atoms with Crippen molar-refractivity contribution in [3.63, 3.8) is 0 Å². The molecule has 0 saturated heterocycles. The van der Waals surface area contributed by atoms with Gasteiger partial charge >= 0.3 is 0 Å². The zero-order valence-electron chi connectivity index (χ0n) is 23.8. The zero-order valence-corrected chi connectivity index (χ0v) is 26.9. The summed E-state index contributed by atoms with van der Waals surface area (Å²) >= 11 is 18.4. The molecule has 3 aromatic carbocycles. The highest BCUT2D eigenvalue weighted by Gasteiger charge is 2.34. The molecule has 0 saturated carbocycles. The minimum absolute atomic E-state index is 0.000798. The number of nitrogens with one attached hydrogen (secondary N) is 1. The van der Waals surface area contributed by atoms with Gasteiger partial charge in [0.2, 0.25) is 11.8 Å². The third-order valence-corrected chi connectivity index (χ3v) is 9.54. The first kappa shape index (κ1) is 33.5. The quantitative estimate of drug-likeness (QED) is 0.225. The van der Waals surface area contributed by atoms with Gasteiger partial charge in [-0.15, -0.1) is 0 Å². The fourth-order valence-electron chi connectivity index (χ4n) is 4.21. The second-order valence-corrected chi connectivity index (χ2v) is 12.8. The van der Waals surface area contributed by atoms with Crippen LogP contribution < -0.4 is 14.4 Å². The van der Waals surface area contributed by atoms with Crippen molar-refractivity contribution in [2.45, 2.75) is 57.1 Å². The minimum atomic E-state index is -4.23. The first-order chi connectivity index (χ1) is 19.9. The van der Waals surface area contributed by atoms with E-state index in [1.165, 1.54) is 48.4 Å². The fourth-order valence-corrected chi connectivity index (χ4v) is 6.07. The highest BCUT2D eigenvalue weighted by molar-refractivity contribution is 7.92. The van der Waals surface area contributed by atoms with Gasteiger partial charge in [0, 0.05) is 17.6 Å². The summed E-state index contributed by atoms with van der Waals surface area (Å²) in [7, 11) is -2.75. The largest absolute Gasteiger partial charge is 0.497 e. The van der Waals surface area contributed by atoms with Crippen LogP contribution in [0.25, 0.3) is 0 Å². The Bertz CT molecular complexity index is 1490. The van der Waals surface area contributed by atoms with Crippen LogP contribution in [0.3, 0.4) is 0 Å². The van der Waals surface area contributed by atoms with Gasteiger partial charge in [0.1, 0.15) is 18.3 Å². The van der Waals surface area contributed by atoms with Crippen LogP contribution in [0, 0.1) is 0 Å². The Kier molecular flexibility index (Phi) is 11.9. The van der Waals surface area contributed by atoms with E-state index in [1.54, 1.807) is 37.3 Å². The number of carbonyl (C=O) groups excluding carboxylic acids is 2. The molecule has 0 aliphatic rings. The van der Waals surface area contributed by atoms with Crippen molar-refractivity contribution in [2.75, 3.05) is 18.0 Å². The number of carbonyl (C=O) groups is 2. The number of amides is 2. The molecule has 0 heterocycles. The number of hydrogen-bond acceptors (Lipinski definition) is 5. The number of ether oxygens (including phenoxy) is 1. The van der Waals surface area contributed by atoms with Crippen molar-refractivity contribution in [3.05, 3.63) is 87.4 Å². The van der Waals surface area contributed by atoms with Gasteiger partial charge in [-0.3, -0.25) is 13.9 Å². The van der Waals surface area contributed by atoms with E-state index in [2.05, 4.69) is 5.32 Å². The molecule has 8 nitrogen and oxygen atoms in total. The number of sulfonamides is 1. The second kappa shape index (κ2) is 15.0. The number of anilines is 1. The Hall–Kier alpha value is -2.98. The highest BCUT2D eigenvalue weighted by atomic mass is 35.5. The lowest BCUT2D eigenvalue weighted by molar-refractivity contribution is -0.140. The zero-order chi connectivity index (χ0) is 31.0. The monoisotopic (exact) mass is 653 g/mol. The number of nitrogens with zero attached hydrogens (tertiary/aromatic N) is 2. The molecule has 0 bridgehead atoms. The highest BCUT2D eigenvalue weighted by Crippen LogP contribution is 2.28. The van der Waals surface area contributed by atoms with E-state index in [9.17, 15) is 18.0 Å². The molecular formula is C30H34Cl3N3O5S. The van der Waals surface area contributed by atoms with Gasteiger partial charge in [0.25, 0.3) is 10.0 Å². The number of hydrogen-bond donors (Lipinski definition) is 1. The summed E-state index contributed by atoms with van der Waals surface area (Å²) in [5.41, 5.74) is 0.860. The lowest BCUT2D eigenvalue weighted by Gasteiger charge is -2.33. The molecule has 0 fully saturated rings. The maximum Gasteiger partial charge on any atom is 0.264 e. The molecule has 3 aromatic rings. The van der Waals surface area contributed by atoms with E-state index >= 15 is 0 Å². The standard InChI is InChI=1S/C30H34Cl3N3O5S/c1-5-20(3)34-30(38)28(6-2)35(18-21-7-16-26(32)27(33)17-21)29(37)19-36(23-10-8-22(31)9-11-23)42(39,40)25-14-12-24(41-4)13-15-25/h7-17,20,28H,5-6,18-19H2,1-4H3,(H,34,38)/t20-,28+/m1/s1.